The molecule has 2 aromatic rings. The molecule has 1 saturated heterocycles. The van der Waals surface area contributed by atoms with Gasteiger partial charge >= 0.3 is 0 Å². The van der Waals surface area contributed by atoms with Crippen molar-refractivity contribution < 1.29 is 13.2 Å². The summed E-state index contributed by atoms with van der Waals surface area (Å²) in [5.41, 5.74) is 0.448. The number of aromatic nitrogens is 1. The molecule has 2 aromatic heterocycles. The summed E-state index contributed by atoms with van der Waals surface area (Å²) in [7, 11) is -4.05. The summed E-state index contributed by atoms with van der Waals surface area (Å²) >= 11 is 12.9. The van der Waals surface area contributed by atoms with Crippen LogP contribution >= 0.6 is 34.5 Å². The number of rotatable bonds is 7. The maximum Gasteiger partial charge on any atom is 0.243 e. The van der Waals surface area contributed by atoms with Crippen molar-refractivity contribution in [2.75, 3.05) is 13.1 Å². The van der Waals surface area contributed by atoms with Crippen molar-refractivity contribution in [1.29, 1.82) is 5.26 Å². The average Bonchev–Trinajstić information content (AvgIpc) is 3.30. The SMILES string of the molecule is CC1CCN(C(=O)C(CCn2cccc2C#N)NS(=O)(=O)c2cc(Cl)sc2Cl)CC1. The largest absolute Gasteiger partial charge is 0.341 e. The third kappa shape index (κ3) is 5.37. The number of halogens is 2. The summed E-state index contributed by atoms with van der Waals surface area (Å²) in [6.07, 6.45) is 3.69. The van der Waals surface area contributed by atoms with E-state index in [1.54, 1.807) is 27.8 Å². The number of carbonyl (C=O) groups excluding carboxylic acids is 1. The van der Waals surface area contributed by atoms with E-state index >= 15 is 0 Å². The van der Waals surface area contributed by atoms with E-state index in [0.29, 0.717) is 31.2 Å². The van der Waals surface area contributed by atoms with E-state index < -0.39 is 16.1 Å². The molecule has 1 aliphatic heterocycles. The van der Waals surface area contributed by atoms with Crippen LogP contribution in [0.25, 0.3) is 0 Å². The lowest BCUT2D eigenvalue weighted by Gasteiger charge is -2.33. The molecule has 0 spiro atoms. The zero-order chi connectivity index (χ0) is 21.9. The Morgan fingerprint density at radius 2 is 2.10 bits per heavy atom. The highest BCUT2D eigenvalue weighted by atomic mass is 35.5. The number of hydrogen-bond acceptors (Lipinski definition) is 5. The van der Waals surface area contributed by atoms with Gasteiger partial charge in [-0.15, -0.1) is 11.3 Å². The van der Waals surface area contributed by atoms with E-state index in [-0.39, 0.29) is 25.9 Å². The normalized spacial score (nSPS) is 16.4. The van der Waals surface area contributed by atoms with Gasteiger partial charge in [-0.1, -0.05) is 30.1 Å². The number of nitrogens with zero attached hydrogens (tertiary/aromatic N) is 3. The molecule has 0 bridgehead atoms. The van der Waals surface area contributed by atoms with Crippen molar-refractivity contribution in [3.8, 4) is 6.07 Å². The first kappa shape index (κ1) is 23.1. The Kier molecular flexibility index (Phi) is 7.47. The molecule has 1 N–H and O–H groups in total. The first-order valence-electron chi connectivity index (χ1n) is 9.52. The van der Waals surface area contributed by atoms with E-state index in [1.165, 1.54) is 6.07 Å². The standard InChI is InChI=1S/C19H22Cl2N4O3S2/c1-13-4-8-25(9-5-13)19(26)15(6-10-24-7-2-3-14(24)12-22)23-30(27,28)16-11-17(20)29-18(16)21/h2-3,7,11,13,15,23H,4-6,8-10H2,1H3. The molecule has 0 aromatic carbocycles. The van der Waals surface area contributed by atoms with Crippen LogP contribution in [-0.2, 0) is 21.4 Å². The summed E-state index contributed by atoms with van der Waals surface area (Å²) in [6.45, 7) is 3.64. The quantitative estimate of drug-likeness (QED) is 0.641. The zero-order valence-corrected chi connectivity index (χ0v) is 19.5. The van der Waals surface area contributed by atoms with Crippen molar-refractivity contribution in [3.63, 3.8) is 0 Å². The predicted octanol–water partition coefficient (Wildman–Crippen LogP) is 3.72. The first-order chi connectivity index (χ1) is 14.2. The third-order valence-electron chi connectivity index (χ3n) is 5.21. The molecule has 162 valence electrons. The Morgan fingerprint density at radius 3 is 2.70 bits per heavy atom. The number of aryl methyl sites for hydroxylation is 1. The number of nitriles is 1. The summed E-state index contributed by atoms with van der Waals surface area (Å²) in [6, 6.07) is 5.78. The molecule has 1 atom stereocenters. The molecule has 11 heteroatoms. The fourth-order valence-electron chi connectivity index (χ4n) is 3.42. The lowest BCUT2D eigenvalue weighted by atomic mass is 9.98. The molecular weight excluding hydrogens is 467 g/mol. The maximum absolute atomic E-state index is 13.2. The number of nitrogens with one attached hydrogen (secondary N) is 1. The Hall–Kier alpha value is -1.57. The van der Waals surface area contributed by atoms with Crippen LogP contribution in [0.2, 0.25) is 8.67 Å². The summed E-state index contributed by atoms with van der Waals surface area (Å²) in [4.78, 5) is 14.8. The van der Waals surface area contributed by atoms with Crippen LogP contribution in [0.15, 0.2) is 29.3 Å². The van der Waals surface area contributed by atoms with Crippen LogP contribution in [0.3, 0.4) is 0 Å². The minimum absolute atomic E-state index is 0.0441. The first-order valence-corrected chi connectivity index (χ1v) is 12.6. The smallest absolute Gasteiger partial charge is 0.243 e. The van der Waals surface area contributed by atoms with Gasteiger partial charge in [0.1, 0.15) is 27.0 Å². The summed E-state index contributed by atoms with van der Waals surface area (Å²) in [5, 5.41) is 9.19. The topological polar surface area (TPSA) is 95.2 Å². The summed E-state index contributed by atoms with van der Waals surface area (Å²) in [5.74, 6) is 0.266. The number of sulfonamides is 1. The van der Waals surface area contributed by atoms with Gasteiger partial charge in [-0.25, -0.2) is 8.42 Å². The Morgan fingerprint density at radius 1 is 1.40 bits per heavy atom. The molecule has 3 heterocycles. The van der Waals surface area contributed by atoms with Gasteiger partial charge < -0.3 is 9.47 Å². The number of hydrogen-bond donors (Lipinski definition) is 1. The molecule has 0 radical (unpaired) electrons. The predicted molar refractivity (Wildman–Crippen MR) is 117 cm³/mol. The molecular formula is C19H22Cl2N4O3S2. The second-order valence-electron chi connectivity index (χ2n) is 7.36. The number of likely N-dealkylation sites (tertiary alicyclic amines) is 1. The van der Waals surface area contributed by atoms with E-state index in [9.17, 15) is 18.5 Å². The van der Waals surface area contributed by atoms with Crippen LogP contribution in [-0.4, -0.2) is 42.9 Å². The lowest BCUT2D eigenvalue weighted by molar-refractivity contribution is -0.134. The second kappa shape index (κ2) is 9.71. The highest BCUT2D eigenvalue weighted by Crippen LogP contribution is 2.34. The minimum atomic E-state index is -4.05. The van der Waals surface area contributed by atoms with Gasteiger partial charge in [-0.05, 0) is 43.4 Å². The van der Waals surface area contributed by atoms with E-state index in [2.05, 4.69) is 17.7 Å². The van der Waals surface area contributed by atoms with Crippen LogP contribution in [0.5, 0.6) is 0 Å². The van der Waals surface area contributed by atoms with E-state index in [0.717, 1.165) is 24.2 Å². The number of thiophene rings is 1. The Bertz CT molecular complexity index is 1050. The van der Waals surface area contributed by atoms with Crippen molar-refractivity contribution in [3.05, 3.63) is 38.8 Å². The summed E-state index contributed by atoms with van der Waals surface area (Å²) < 4.78 is 30.4. The molecule has 7 nitrogen and oxygen atoms in total. The van der Waals surface area contributed by atoms with Crippen LogP contribution in [0, 0.1) is 17.2 Å². The van der Waals surface area contributed by atoms with Gasteiger partial charge in [-0.2, -0.15) is 9.98 Å². The van der Waals surface area contributed by atoms with Gasteiger partial charge in [0.15, 0.2) is 0 Å². The Balaban J connectivity index is 1.82. The fraction of sp³-hybridized carbons (Fsp3) is 0.474. The van der Waals surface area contributed by atoms with Gasteiger partial charge in [-0.3, -0.25) is 4.79 Å². The van der Waals surface area contributed by atoms with Crippen molar-refractivity contribution in [2.45, 2.75) is 43.7 Å². The minimum Gasteiger partial charge on any atom is -0.341 e. The third-order valence-corrected chi connectivity index (χ3v) is 8.43. The molecule has 0 saturated carbocycles. The van der Waals surface area contributed by atoms with E-state index in [1.807, 2.05) is 0 Å². The van der Waals surface area contributed by atoms with Gasteiger partial charge in [0.05, 0.1) is 4.34 Å². The molecule has 1 unspecified atom stereocenters. The van der Waals surface area contributed by atoms with Gasteiger partial charge in [0.25, 0.3) is 0 Å². The fourth-order valence-corrected chi connectivity index (χ4v) is 6.79. The maximum atomic E-state index is 13.2. The highest BCUT2D eigenvalue weighted by molar-refractivity contribution is 7.89. The molecule has 1 fully saturated rings. The van der Waals surface area contributed by atoms with Gasteiger partial charge in [0, 0.05) is 25.8 Å². The van der Waals surface area contributed by atoms with Crippen LogP contribution < -0.4 is 4.72 Å². The van der Waals surface area contributed by atoms with Crippen LogP contribution in [0.1, 0.15) is 31.9 Å². The average molecular weight is 489 g/mol. The zero-order valence-electron chi connectivity index (χ0n) is 16.3. The van der Waals surface area contributed by atoms with Crippen molar-refractivity contribution >= 4 is 50.5 Å². The Labute approximate surface area is 190 Å². The molecule has 0 aliphatic carbocycles. The monoisotopic (exact) mass is 488 g/mol. The van der Waals surface area contributed by atoms with Crippen LogP contribution in [0.4, 0.5) is 0 Å². The lowest BCUT2D eigenvalue weighted by Crippen LogP contribution is -2.50. The number of piperidine rings is 1. The molecule has 30 heavy (non-hydrogen) atoms. The van der Waals surface area contributed by atoms with Crippen molar-refractivity contribution in [1.82, 2.24) is 14.2 Å². The van der Waals surface area contributed by atoms with E-state index in [4.69, 9.17) is 23.2 Å². The van der Waals surface area contributed by atoms with Gasteiger partial charge in [0.2, 0.25) is 15.9 Å². The number of carbonyl (C=O) groups is 1. The second-order valence-corrected chi connectivity index (χ2v) is 11.3. The molecule has 3 rings (SSSR count). The van der Waals surface area contributed by atoms with Crippen molar-refractivity contribution in [2.24, 2.45) is 5.92 Å². The highest BCUT2D eigenvalue weighted by Gasteiger charge is 2.32. The number of amides is 1. The molecule has 1 aliphatic rings. The molecule has 1 amide bonds.